The van der Waals surface area contributed by atoms with Crippen LogP contribution in [0, 0.1) is 0 Å². The summed E-state index contributed by atoms with van der Waals surface area (Å²) in [5.41, 5.74) is 5.37. The third-order valence-electron chi connectivity index (χ3n) is 4.25. The van der Waals surface area contributed by atoms with E-state index in [9.17, 15) is 4.79 Å². The summed E-state index contributed by atoms with van der Waals surface area (Å²) in [7, 11) is 0. The lowest BCUT2D eigenvalue weighted by atomic mass is 9.77. The van der Waals surface area contributed by atoms with E-state index in [-0.39, 0.29) is 36.3 Å². The molecule has 120 valence electrons. The molecule has 0 aromatic heterocycles. The molecule has 5 nitrogen and oxygen atoms in total. The van der Waals surface area contributed by atoms with Gasteiger partial charge in [-0.05, 0) is 33.1 Å². The zero-order valence-corrected chi connectivity index (χ0v) is 13.9. The summed E-state index contributed by atoms with van der Waals surface area (Å²) in [5, 5.41) is 3.02. The molecule has 2 aliphatic rings. The zero-order valence-electron chi connectivity index (χ0n) is 12.3. The molecule has 0 radical (unpaired) electrons. The van der Waals surface area contributed by atoms with Crippen LogP contribution in [0.5, 0.6) is 0 Å². The first-order chi connectivity index (χ1) is 8.44. The number of nitrogens with two attached hydrogens (primary N) is 1. The lowest BCUT2D eigenvalue weighted by Crippen LogP contribution is -2.62. The van der Waals surface area contributed by atoms with Gasteiger partial charge in [-0.25, -0.2) is 0 Å². The number of nitrogens with zero attached hydrogens (tertiary/aromatic N) is 1. The van der Waals surface area contributed by atoms with E-state index < -0.39 is 5.54 Å². The zero-order chi connectivity index (χ0) is 13.2. The smallest absolute Gasteiger partial charge is 0.240 e. The molecule has 3 N–H and O–H groups in total. The maximum absolute atomic E-state index is 12.0. The molecule has 0 spiro atoms. The van der Waals surface area contributed by atoms with Crippen molar-refractivity contribution in [3.63, 3.8) is 0 Å². The highest BCUT2D eigenvalue weighted by atomic mass is 35.5. The van der Waals surface area contributed by atoms with E-state index >= 15 is 0 Å². The molecule has 0 bridgehead atoms. The Bertz CT molecular complexity index is 317. The maximum Gasteiger partial charge on any atom is 0.240 e. The average molecular weight is 328 g/mol. The van der Waals surface area contributed by atoms with Gasteiger partial charge < -0.3 is 15.8 Å². The Kier molecular flexibility index (Phi) is 7.77. The van der Waals surface area contributed by atoms with E-state index in [1.807, 2.05) is 0 Å². The fourth-order valence-electron chi connectivity index (χ4n) is 2.54. The van der Waals surface area contributed by atoms with Crippen molar-refractivity contribution in [3.05, 3.63) is 0 Å². The maximum atomic E-state index is 12.0. The van der Waals surface area contributed by atoms with E-state index in [0.29, 0.717) is 6.54 Å². The molecule has 0 unspecified atom stereocenters. The number of morpholine rings is 1. The van der Waals surface area contributed by atoms with Crippen molar-refractivity contribution in [2.24, 2.45) is 5.73 Å². The summed E-state index contributed by atoms with van der Waals surface area (Å²) in [6.07, 6.45) is 2.70. The fraction of sp³-hybridized carbons (Fsp3) is 0.923. The standard InChI is InChI=1S/C13H25N3O2.2ClH/c1-12(2,16-6-8-18-9-7-16)10-15-11(17)13(14)4-3-5-13;;/h3-10,14H2,1-2H3,(H,15,17);2*1H. The number of hydrogen-bond donors (Lipinski definition) is 2. The Morgan fingerprint density at radius 1 is 1.30 bits per heavy atom. The average Bonchev–Trinajstić information content (AvgIpc) is 2.34. The van der Waals surface area contributed by atoms with Gasteiger partial charge in [-0.2, -0.15) is 0 Å². The highest BCUT2D eigenvalue weighted by molar-refractivity contribution is 5.87. The Labute approximate surface area is 133 Å². The van der Waals surface area contributed by atoms with Crippen LogP contribution in [-0.2, 0) is 9.53 Å². The predicted molar refractivity (Wildman–Crippen MR) is 84.7 cm³/mol. The second-order valence-corrected chi connectivity index (χ2v) is 6.10. The quantitative estimate of drug-likeness (QED) is 0.806. The number of carbonyl (C=O) groups excluding carboxylic acids is 1. The molecule has 0 aromatic rings. The van der Waals surface area contributed by atoms with Gasteiger partial charge >= 0.3 is 0 Å². The minimum atomic E-state index is -0.596. The van der Waals surface area contributed by atoms with E-state index in [4.69, 9.17) is 10.5 Å². The lowest BCUT2D eigenvalue weighted by molar-refractivity contribution is -0.130. The molecule has 2 fully saturated rings. The van der Waals surface area contributed by atoms with Crippen LogP contribution >= 0.6 is 24.8 Å². The highest BCUT2D eigenvalue weighted by Crippen LogP contribution is 2.29. The van der Waals surface area contributed by atoms with Gasteiger partial charge in [0.2, 0.25) is 5.91 Å². The monoisotopic (exact) mass is 327 g/mol. The molecular weight excluding hydrogens is 301 g/mol. The fourth-order valence-corrected chi connectivity index (χ4v) is 2.54. The van der Waals surface area contributed by atoms with E-state index in [1.165, 1.54) is 0 Å². The van der Waals surface area contributed by atoms with E-state index in [1.54, 1.807) is 0 Å². The van der Waals surface area contributed by atoms with Crippen molar-refractivity contribution in [3.8, 4) is 0 Å². The third kappa shape index (κ3) is 4.46. The van der Waals surface area contributed by atoms with Crippen molar-refractivity contribution >= 4 is 30.7 Å². The van der Waals surface area contributed by atoms with Gasteiger partial charge in [-0.3, -0.25) is 9.69 Å². The normalized spacial score (nSPS) is 21.9. The molecule has 0 aromatic carbocycles. The second-order valence-electron chi connectivity index (χ2n) is 6.10. The van der Waals surface area contributed by atoms with E-state index in [2.05, 4.69) is 24.1 Å². The van der Waals surface area contributed by atoms with Gasteiger partial charge in [0.15, 0.2) is 0 Å². The summed E-state index contributed by atoms with van der Waals surface area (Å²) >= 11 is 0. The number of halogens is 2. The Morgan fingerprint density at radius 2 is 1.85 bits per heavy atom. The summed E-state index contributed by atoms with van der Waals surface area (Å²) < 4.78 is 5.35. The number of amides is 1. The van der Waals surface area contributed by atoms with Crippen LogP contribution in [0.2, 0.25) is 0 Å². The first kappa shape index (κ1) is 19.9. The predicted octanol–water partition coefficient (Wildman–Crippen LogP) is 0.938. The van der Waals surface area contributed by atoms with Crippen molar-refractivity contribution in [2.75, 3.05) is 32.8 Å². The molecule has 1 aliphatic carbocycles. The van der Waals surface area contributed by atoms with Gasteiger partial charge in [-0.1, -0.05) is 0 Å². The van der Waals surface area contributed by atoms with Crippen molar-refractivity contribution in [1.82, 2.24) is 10.2 Å². The van der Waals surface area contributed by atoms with Gasteiger partial charge in [0, 0.05) is 25.2 Å². The van der Waals surface area contributed by atoms with Crippen LogP contribution in [0.25, 0.3) is 0 Å². The Hall–Kier alpha value is -0.0700. The number of rotatable bonds is 4. The highest BCUT2D eigenvalue weighted by Gasteiger charge is 2.40. The summed E-state index contributed by atoms with van der Waals surface area (Å²) in [6.45, 7) is 8.36. The summed E-state index contributed by atoms with van der Waals surface area (Å²) in [5.74, 6) is 0.00934. The molecule has 1 amide bonds. The topological polar surface area (TPSA) is 67.6 Å². The molecule has 1 heterocycles. The van der Waals surface area contributed by atoms with Gasteiger partial charge in [0.05, 0.1) is 18.8 Å². The number of ether oxygens (including phenoxy) is 1. The lowest BCUT2D eigenvalue weighted by Gasteiger charge is -2.42. The first-order valence-corrected chi connectivity index (χ1v) is 6.84. The molecule has 0 atom stereocenters. The molecule has 2 rings (SSSR count). The molecule has 1 saturated carbocycles. The molecule has 20 heavy (non-hydrogen) atoms. The summed E-state index contributed by atoms with van der Waals surface area (Å²) in [4.78, 5) is 14.4. The van der Waals surface area contributed by atoms with Crippen LogP contribution in [0.4, 0.5) is 0 Å². The minimum absolute atomic E-state index is 0. The minimum Gasteiger partial charge on any atom is -0.379 e. The largest absolute Gasteiger partial charge is 0.379 e. The second kappa shape index (κ2) is 7.80. The van der Waals surface area contributed by atoms with Crippen LogP contribution in [0.3, 0.4) is 0 Å². The molecule has 7 heteroatoms. The van der Waals surface area contributed by atoms with Crippen LogP contribution in [0.15, 0.2) is 0 Å². The van der Waals surface area contributed by atoms with Crippen molar-refractivity contribution < 1.29 is 9.53 Å². The van der Waals surface area contributed by atoms with Gasteiger partial charge in [0.25, 0.3) is 0 Å². The summed E-state index contributed by atoms with van der Waals surface area (Å²) in [6, 6.07) is 0. The Morgan fingerprint density at radius 3 is 2.30 bits per heavy atom. The molecular formula is C13H27Cl2N3O2. The van der Waals surface area contributed by atoms with Crippen LogP contribution in [0.1, 0.15) is 33.1 Å². The third-order valence-corrected chi connectivity index (χ3v) is 4.25. The van der Waals surface area contributed by atoms with Gasteiger partial charge in [-0.15, -0.1) is 24.8 Å². The van der Waals surface area contributed by atoms with E-state index in [0.717, 1.165) is 45.6 Å². The molecule has 1 aliphatic heterocycles. The number of hydrogen-bond acceptors (Lipinski definition) is 4. The van der Waals surface area contributed by atoms with Gasteiger partial charge in [0.1, 0.15) is 0 Å². The first-order valence-electron chi connectivity index (χ1n) is 6.84. The molecule has 1 saturated heterocycles. The number of carbonyl (C=O) groups is 1. The SMILES string of the molecule is CC(C)(CNC(=O)C1(N)CCC1)N1CCOCC1.Cl.Cl. The van der Waals surface area contributed by atoms with Crippen LogP contribution in [-0.4, -0.2) is 54.7 Å². The van der Waals surface area contributed by atoms with Crippen LogP contribution < -0.4 is 11.1 Å². The number of nitrogens with one attached hydrogen (secondary N) is 1. The van der Waals surface area contributed by atoms with Crippen molar-refractivity contribution in [1.29, 1.82) is 0 Å². The Balaban J connectivity index is 0.00000180. The van der Waals surface area contributed by atoms with Crippen molar-refractivity contribution in [2.45, 2.75) is 44.2 Å².